The average Bonchev–Trinajstić information content (AvgIpc) is 2.67. The van der Waals surface area contributed by atoms with Crippen LogP contribution in [0.4, 0.5) is 0 Å². The van der Waals surface area contributed by atoms with Crippen molar-refractivity contribution in [3.63, 3.8) is 0 Å². The van der Waals surface area contributed by atoms with E-state index in [1.807, 2.05) is 0 Å². The van der Waals surface area contributed by atoms with E-state index in [-0.39, 0.29) is 22.8 Å². The van der Waals surface area contributed by atoms with Gasteiger partial charge in [0.05, 0.1) is 20.5 Å². The van der Waals surface area contributed by atoms with Gasteiger partial charge in [-0.05, 0) is 57.7 Å². The highest BCUT2D eigenvalue weighted by Crippen LogP contribution is 2.27. The Hall–Kier alpha value is -2.64. The molecule has 0 radical (unpaired) electrons. The van der Waals surface area contributed by atoms with Crippen molar-refractivity contribution < 1.29 is 28.4 Å². The quantitative estimate of drug-likeness (QED) is 0.583. The van der Waals surface area contributed by atoms with Crippen LogP contribution in [0.2, 0.25) is 0 Å². The summed E-state index contributed by atoms with van der Waals surface area (Å²) in [4.78, 5) is 0. The Morgan fingerprint density at radius 2 is 1.56 bits per heavy atom. The molecule has 0 saturated carbocycles. The number of phenols is 2. The third-order valence-electron chi connectivity index (χ3n) is 3.13. The molecule has 2 aromatic rings. The second kappa shape index (κ2) is 11.9. The first-order valence-corrected chi connectivity index (χ1v) is 9.89. The van der Waals surface area contributed by atoms with Crippen molar-refractivity contribution >= 4 is 39.6 Å². The van der Waals surface area contributed by atoms with Crippen LogP contribution in [0.1, 0.15) is 11.1 Å². The molecule has 0 aliphatic heterocycles. The molecule has 1 atom stereocenters. The molecule has 0 aliphatic rings. The topological polar surface area (TPSA) is 99.1 Å². The summed E-state index contributed by atoms with van der Waals surface area (Å²) in [6.45, 7) is 0. The molecule has 1 unspecified atom stereocenters. The summed E-state index contributed by atoms with van der Waals surface area (Å²) >= 11 is -0.709. The minimum Gasteiger partial charge on any atom is -0.612 e. The average molecular weight is 408 g/mol. The van der Waals surface area contributed by atoms with E-state index in [9.17, 15) is 19.0 Å². The predicted octanol–water partition coefficient (Wildman–Crippen LogP) is 2.78. The van der Waals surface area contributed by atoms with E-state index in [0.717, 1.165) is 11.1 Å². The van der Waals surface area contributed by atoms with E-state index >= 15 is 0 Å². The zero-order chi connectivity index (χ0) is 20.2. The maximum atomic E-state index is 10.8. The first kappa shape index (κ1) is 22.4. The summed E-state index contributed by atoms with van der Waals surface area (Å²) in [5.74, 6) is 0.970. The summed E-state index contributed by atoms with van der Waals surface area (Å²) in [5, 5.41) is 22.5. The lowest BCUT2D eigenvalue weighted by molar-refractivity contribution is 0.373. The number of methoxy groups -OCH3 is 2. The van der Waals surface area contributed by atoms with Gasteiger partial charge in [0.2, 0.25) is 0 Å². The van der Waals surface area contributed by atoms with Crippen LogP contribution in [0.15, 0.2) is 41.8 Å². The van der Waals surface area contributed by atoms with Crippen LogP contribution >= 0.6 is 0 Å². The van der Waals surface area contributed by atoms with Gasteiger partial charge < -0.3 is 24.2 Å². The molecule has 2 aromatic carbocycles. The fraction of sp³-hybridized carbons (Fsp3) is 0.158. The fourth-order valence-corrected chi connectivity index (χ4v) is 2.38. The minimum absolute atomic E-state index is 0.0782. The molecule has 0 fully saturated rings. The minimum atomic E-state index is -0.964. The molecule has 0 amide bonds. The van der Waals surface area contributed by atoms with Crippen molar-refractivity contribution in [3.8, 4) is 23.0 Å². The Morgan fingerprint density at radius 3 is 2.04 bits per heavy atom. The van der Waals surface area contributed by atoms with Crippen molar-refractivity contribution in [1.82, 2.24) is 0 Å². The van der Waals surface area contributed by atoms with E-state index in [1.165, 1.54) is 32.4 Å². The molecule has 0 heterocycles. The Kier molecular flexibility index (Phi) is 9.85. The molecular weight excluding hydrogens is 388 g/mol. The second-order valence-corrected chi connectivity index (χ2v) is 6.68. The van der Waals surface area contributed by atoms with Gasteiger partial charge in [0.25, 0.3) is 0 Å². The summed E-state index contributed by atoms with van der Waals surface area (Å²) in [6.07, 6.45) is 4.84. The van der Waals surface area contributed by atoms with Crippen molar-refractivity contribution in [3.05, 3.63) is 52.9 Å². The molecule has 144 valence electrons. The van der Waals surface area contributed by atoms with Gasteiger partial charge in [-0.1, -0.05) is 12.1 Å². The van der Waals surface area contributed by atoms with Crippen LogP contribution in [0, 0.1) is 0 Å². The van der Waals surface area contributed by atoms with Crippen molar-refractivity contribution in [2.75, 3.05) is 20.5 Å². The van der Waals surface area contributed by atoms with Crippen molar-refractivity contribution in [1.29, 1.82) is 0 Å². The van der Waals surface area contributed by atoms with Crippen LogP contribution in [-0.2, 0) is 22.4 Å². The van der Waals surface area contributed by atoms with E-state index in [1.54, 1.807) is 42.0 Å². The third-order valence-corrected chi connectivity index (χ3v) is 3.87. The lowest BCUT2D eigenvalue weighted by atomic mass is 10.2. The van der Waals surface area contributed by atoms with Crippen LogP contribution < -0.4 is 9.47 Å². The van der Waals surface area contributed by atoms with Gasteiger partial charge >= 0.3 is 0 Å². The van der Waals surface area contributed by atoms with Crippen LogP contribution in [-0.4, -0.2) is 44.5 Å². The normalized spacial score (nSPS) is 11.0. The molecule has 0 aromatic heterocycles. The van der Waals surface area contributed by atoms with E-state index in [0.29, 0.717) is 11.5 Å². The van der Waals surface area contributed by atoms with Crippen LogP contribution in [0.25, 0.3) is 12.2 Å². The second-order valence-electron chi connectivity index (χ2n) is 5.01. The van der Waals surface area contributed by atoms with Crippen LogP contribution in [0.3, 0.4) is 0 Å². The summed E-state index contributed by atoms with van der Waals surface area (Å²) in [5.41, 5.74) is 1.60. The van der Waals surface area contributed by atoms with Gasteiger partial charge in [-0.2, -0.15) is 0 Å². The number of rotatable bonds is 5. The monoisotopic (exact) mass is 408 g/mol. The Labute approximate surface area is 164 Å². The Bertz CT molecular complexity index is 866. The highest BCUT2D eigenvalue weighted by Gasteiger charge is 2.01. The number of phenolic OH excluding ortho intramolecular Hbond substituents is 2. The highest BCUT2D eigenvalue weighted by molar-refractivity contribution is 7.93. The lowest BCUT2D eigenvalue weighted by Gasteiger charge is -2.03. The molecule has 6 nitrogen and oxygen atoms in total. The summed E-state index contributed by atoms with van der Waals surface area (Å²) < 4.78 is 30.6. The molecule has 0 bridgehead atoms. The highest BCUT2D eigenvalue weighted by atomic mass is 32.2. The van der Waals surface area contributed by atoms with Gasteiger partial charge in [-0.25, -0.2) is 4.21 Å². The van der Waals surface area contributed by atoms with Gasteiger partial charge in [0, 0.05) is 6.08 Å². The van der Waals surface area contributed by atoms with Gasteiger partial charge in [-0.3, -0.25) is 0 Å². The first-order chi connectivity index (χ1) is 12.9. The smallest absolute Gasteiger partial charge is 0.161 e. The molecule has 2 rings (SSSR count). The summed E-state index contributed by atoms with van der Waals surface area (Å²) in [6, 6.07) is 9.73. The van der Waals surface area contributed by atoms with E-state index in [2.05, 4.69) is 5.02 Å². The zero-order valence-corrected chi connectivity index (χ0v) is 16.7. The molecule has 0 aliphatic carbocycles. The molecule has 0 saturated heterocycles. The maximum Gasteiger partial charge on any atom is 0.161 e. The van der Waals surface area contributed by atoms with E-state index in [4.69, 9.17) is 9.47 Å². The largest absolute Gasteiger partial charge is 0.612 e. The summed E-state index contributed by atoms with van der Waals surface area (Å²) in [7, 11) is 2.95. The number of hydrogen-bond acceptors (Lipinski definition) is 6. The van der Waals surface area contributed by atoms with Gasteiger partial charge in [0.1, 0.15) is 16.7 Å². The zero-order valence-electron chi connectivity index (χ0n) is 15.0. The number of hydrogen-bond donors (Lipinski definition) is 2. The number of ether oxygens (including phenoxy) is 2. The number of benzene rings is 2. The molecule has 0 spiro atoms. The molecule has 8 heteroatoms. The van der Waals surface area contributed by atoms with Crippen molar-refractivity contribution in [2.24, 2.45) is 0 Å². The SMILES string of the molecule is COc1cc(C=C=S=O)ccc1O.COc1cc(C=C[S+](C)[O-])ccc1O. The van der Waals surface area contributed by atoms with Crippen molar-refractivity contribution in [2.45, 2.75) is 0 Å². The molecular formula is C19H20O6S2. The van der Waals surface area contributed by atoms with Gasteiger partial charge in [-0.15, -0.1) is 0 Å². The molecule has 2 N–H and O–H groups in total. The van der Waals surface area contributed by atoms with E-state index < -0.39 is 11.2 Å². The predicted molar refractivity (Wildman–Crippen MR) is 110 cm³/mol. The standard InChI is InChI=1S/C10H12O3S.C9H8O3S/c1-13-10-7-8(3-4-9(10)11)5-6-14(2)12;1-12-9-6-7(4-5-13-11)2-3-8(9)10/h3-7,11H,1-2H3;2-4,6,10H,1H3. The van der Waals surface area contributed by atoms with Gasteiger partial charge in [0.15, 0.2) is 23.0 Å². The maximum absolute atomic E-state index is 10.8. The van der Waals surface area contributed by atoms with Crippen LogP contribution in [0.5, 0.6) is 23.0 Å². The lowest BCUT2D eigenvalue weighted by Crippen LogP contribution is -1.88. The molecule has 27 heavy (non-hydrogen) atoms. The third kappa shape index (κ3) is 8.06. The fourth-order valence-electron chi connectivity index (χ4n) is 1.85. The first-order valence-electron chi connectivity index (χ1n) is 7.53. The Balaban J connectivity index is 0.000000271. The Morgan fingerprint density at radius 1 is 1.04 bits per heavy atom. The number of aromatic hydroxyl groups is 2.